The smallest absolute Gasteiger partial charge is 0.178 e. The van der Waals surface area contributed by atoms with Crippen LogP contribution in [0, 0.1) is 0 Å². The molecule has 0 fully saturated rings. The summed E-state index contributed by atoms with van der Waals surface area (Å²) in [6.07, 6.45) is 2.17. The SMILES string of the molecule is O=C(Cc1cncs1)c1cc(Br)c(Br)s1. The van der Waals surface area contributed by atoms with Gasteiger partial charge in [0.1, 0.15) is 0 Å². The minimum atomic E-state index is 0.135. The summed E-state index contributed by atoms with van der Waals surface area (Å²) in [5.41, 5.74) is 1.74. The molecule has 2 aromatic heterocycles. The topological polar surface area (TPSA) is 30.0 Å². The summed E-state index contributed by atoms with van der Waals surface area (Å²) >= 11 is 9.69. The number of ketones is 1. The van der Waals surface area contributed by atoms with Gasteiger partial charge in [0.25, 0.3) is 0 Å². The highest BCUT2D eigenvalue weighted by Crippen LogP contribution is 2.33. The lowest BCUT2D eigenvalue weighted by molar-refractivity contribution is 0.0997. The first-order valence-electron chi connectivity index (χ1n) is 4.02. The van der Waals surface area contributed by atoms with Gasteiger partial charge in [0, 0.05) is 22.0 Å². The predicted octanol–water partition coefficient (Wildman–Crippen LogP) is 4.16. The number of thiophene rings is 1. The minimum Gasteiger partial charge on any atom is -0.293 e. The number of Topliss-reactive ketones (excluding diaryl/α,β-unsaturated/α-hetero) is 1. The monoisotopic (exact) mass is 365 g/mol. The Kier molecular flexibility index (Phi) is 3.71. The predicted molar refractivity (Wildman–Crippen MR) is 69.9 cm³/mol. The largest absolute Gasteiger partial charge is 0.293 e. The molecule has 0 saturated carbocycles. The van der Waals surface area contributed by atoms with Crippen molar-refractivity contribution in [2.45, 2.75) is 6.42 Å². The van der Waals surface area contributed by atoms with Crippen molar-refractivity contribution in [1.82, 2.24) is 4.98 Å². The van der Waals surface area contributed by atoms with E-state index in [1.54, 1.807) is 11.7 Å². The Morgan fingerprint density at radius 2 is 2.27 bits per heavy atom. The molecule has 0 bridgehead atoms. The maximum Gasteiger partial charge on any atom is 0.178 e. The van der Waals surface area contributed by atoms with Gasteiger partial charge in [-0.05, 0) is 37.9 Å². The molecule has 2 heterocycles. The molecule has 0 atom stereocenters. The molecule has 78 valence electrons. The van der Waals surface area contributed by atoms with E-state index in [1.807, 2.05) is 6.07 Å². The van der Waals surface area contributed by atoms with E-state index in [9.17, 15) is 4.79 Å². The molecular formula is C9H5Br2NOS2. The highest BCUT2D eigenvalue weighted by atomic mass is 79.9. The van der Waals surface area contributed by atoms with Gasteiger partial charge in [-0.1, -0.05) is 0 Å². The molecule has 0 aromatic carbocycles. The van der Waals surface area contributed by atoms with Crippen LogP contribution < -0.4 is 0 Å². The van der Waals surface area contributed by atoms with Crippen molar-refractivity contribution in [3.05, 3.63) is 35.8 Å². The number of aromatic nitrogens is 1. The number of thiazole rings is 1. The fourth-order valence-electron chi connectivity index (χ4n) is 1.06. The number of rotatable bonds is 3. The standard InChI is InChI=1S/C9H5Br2NOS2/c10-6-2-8(15-9(6)11)7(13)1-5-3-12-4-14-5/h2-4H,1H2. The zero-order valence-electron chi connectivity index (χ0n) is 7.37. The Morgan fingerprint density at radius 1 is 1.47 bits per heavy atom. The third-order valence-electron chi connectivity index (χ3n) is 1.74. The zero-order chi connectivity index (χ0) is 10.8. The summed E-state index contributed by atoms with van der Waals surface area (Å²) < 4.78 is 1.88. The van der Waals surface area contributed by atoms with Crippen molar-refractivity contribution >= 4 is 60.3 Å². The molecule has 0 aliphatic rings. The second kappa shape index (κ2) is 4.86. The second-order valence-corrected chi connectivity index (χ2v) is 7.00. The molecule has 2 rings (SSSR count). The first-order valence-corrected chi connectivity index (χ1v) is 7.30. The van der Waals surface area contributed by atoms with Gasteiger partial charge in [0.05, 0.1) is 14.2 Å². The van der Waals surface area contributed by atoms with Gasteiger partial charge in [-0.25, -0.2) is 0 Å². The van der Waals surface area contributed by atoms with Gasteiger partial charge in [-0.15, -0.1) is 22.7 Å². The average Bonchev–Trinajstić information content (AvgIpc) is 2.78. The van der Waals surface area contributed by atoms with Crippen LogP contribution in [0.3, 0.4) is 0 Å². The lowest BCUT2D eigenvalue weighted by Crippen LogP contribution is -1.98. The lowest BCUT2D eigenvalue weighted by atomic mass is 10.2. The van der Waals surface area contributed by atoms with E-state index in [0.717, 1.165) is 18.0 Å². The molecule has 0 amide bonds. The van der Waals surface area contributed by atoms with Crippen LogP contribution in [0.2, 0.25) is 0 Å². The lowest BCUT2D eigenvalue weighted by Gasteiger charge is -1.92. The molecule has 0 spiro atoms. The number of hydrogen-bond acceptors (Lipinski definition) is 4. The third-order valence-corrected chi connectivity index (χ3v) is 5.82. The third kappa shape index (κ3) is 2.75. The number of carbonyl (C=O) groups is 1. The van der Waals surface area contributed by atoms with Gasteiger partial charge in [-0.3, -0.25) is 9.78 Å². The van der Waals surface area contributed by atoms with Crippen molar-refractivity contribution in [1.29, 1.82) is 0 Å². The number of hydrogen-bond donors (Lipinski definition) is 0. The van der Waals surface area contributed by atoms with E-state index in [0.29, 0.717) is 6.42 Å². The summed E-state index contributed by atoms with van der Waals surface area (Å²) in [5, 5.41) is 0. The Morgan fingerprint density at radius 3 is 2.80 bits per heavy atom. The van der Waals surface area contributed by atoms with E-state index >= 15 is 0 Å². The number of halogens is 2. The molecule has 0 aliphatic heterocycles. The molecule has 0 saturated heterocycles. The maximum absolute atomic E-state index is 11.8. The highest BCUT2D eigenvalue weighted by Gasteiger charge is 2.13. The number of carbonyl (C=O) groups excluding carboxylic acids is 1. The summed E-state index contributed by atoms with van der Waals surface area (Å²) in [5.74, 6) is 0.135. The van der Waals surface area contributed by atoms with Gasteiger partial charge in [0.2, 0.25) is 0 Å². The molecule has 2 aromatic rings. The summed E-state index contributed by atoms with van der Waals surface area (Å²) in [6.45, 7) is 0. The van der Waals surface area contributed by atoms with Crippen molar-refractivity contribution in [3.8, 4) is 0 Å². The van der Waals surface area contributed by atoms with Crippen LogP contribution in [0.5, 0.6) is 0 Å². The molecule has 0 N–H and O–H groups in total. The molecule has 2 nitrogen and oxygen atoms in total. The maximum atomic E-state index is 11.8. The van der Waals surface area contributed by atoms with E-state index in [1.165, 1.54) is 22.7 Å². The molecular weight excluding hydrogens is 362 g/mol. The minimum absolute atomic E-state index is 0.135. The van der Waals surface area contributed by atoms with Crippen molar-refractivity contribution in [2.75, 3.05) is 0 Å². The molecule has 0 aliphatic carbocycles. The average molecular weight is 367 g/mol. The van der Waals surface area contributed by atoms with Crippen LogP contribution in [0.4, 0.5) is 0 Å². The number of nitrogens with zero attached hydrogens (tertiary/aromatic N) is 1. The first kappa shape index (κ1) is 11.4. The Balaban J connectivity index is 2.15. The fourth-order valence-corrected chi connectivity index (χ4v) is 3.63. The molecule has 15 heavy (non-hydrogen) atoms. The van der Waals surface area contributed by atoms with Crippen LogP contribution in [0.15, 0.2) is 26.0 Å². The van der Waals surface area contributed by atoms with Crippen LogP contribution in [-0.4, -0.2) is 10.8 Å². The van der Waals surface area contributed by atoms with Crippen LogP contribution in [0.1, 0.15) is 14.5 Å². The molecule has 6 heteroatoms. The normalized spacial score (nSPS) is 10.5. The van der Waals surface area contributed by atoms with E-state index in [2.05, 4.69) is 36.8 Å². The Hall–Kier alpha value is -0.0400. The van der Waals surface area contributed by atoms with Gasteiger partial charge in [0.15, 0.2) is 5.78 Å². The zero-order valence-corrected chi connectivity index (χ0v) is 12.2. The van der Waals surface area contributed by atoms with E-state index in [-0.39, 0.29) is 5.78 Å². The molecule has 0 unspecified atom stereocenters. The van der Waals surface area contributed by atoms with Crippen molar-refractivity contribution in [2.24, 2.45) is 0 Å². The summed E-state index contributed by atoms with van der Waals surface area (Å²) in [6, 6.07) is 1.85. The Bertz CT molecular complexity index is 459. The fraction of sp³-hybridized carbons (Fsp3) is 0.111. The Labute approximate surface area is 112 Å². The van der Waals surface area contributed by atoms with Gasteiger partial charge >= 0.3 is 0 Å². The van der Waals surface area contributed by atoms with Gasteiger partial charge in [-0.2, -0.15) is 0 Å². The highest BCUT2D eigenvalue weighted by molar-refractivity contribution is 9.13. The first-order chi connectivity index (χ1) is 7.16. The van der Waals surface area contributed by atoms with Crippen molar-refractivity contribution < 1.29 is 4.79 Å². The van der Waals surface area contributed by atoms with Crippen molar-refractivity contribution in [3.63, 3.8) is 0 Å². The molecule has 0 radical (unpaired) electrons. The van der Waals surface area contributed by atoms with Crippen LogP contribution >= 0.6 is 54.5 Å². The van der Waals surface area contributed by atoms with Gasteiger partial charge < -0.3 is 0 Å². The van der Waals surface area contributed by atoms with E-state index in [4.69, 9.17) is 0 Å². The second-order valence-electron chi connectivity index (χ2n) is 2.80. The quantitative estimate of drug-likeness (QED) is 0.763. The summed E-state index contributed by atoms with van der Waals surface area (Å²) in [4.78, 5) is 17.5. The van der Waals surface area contributed by atoms with Crippen LogP contribution in [-0.2, 0) is 6.42 Å². The van der Waals surface area contributed by atoms with E-state index < -0.39 is 0 Å². The van der Waals surface area contributed by atoms with Crippen LogP contribution in [0.25, 0.3) is 0 Å². The summed E-state index contributed by atoms with van der Waals surface area (Å²) in [7, 11) is 0.